The third-order valence-electron chi connectivity index (χ3n) is 4.28. The second-order valence-electron chi connectivity index (χ2n) is 5.93. The van der Waals surface area contributed by atoms with Gasteiger partial charge in [0.1, 0.15) is 0 Å². The van der Waals surface area contributed by atoms with Gasteiger partial charge < -0.3 is 20.4 Å². The van der Waals surface area contributed by atoms with Crippen molar-refractivity contribution >= 4 is 17.6 Å². The van der Waals surface area contributed by atoms with Gasteiger partial charge in [0.2, 0.25) is 5.91 Å². The Morgan fingerprint density at radius 1 is 1.30 bits per heavy atom. The van der Waals surface area contributed by atoms with E-state index in [1.807, 2.05) is 24.3 Å². The van der Waals surface area contributed by atoms with Crippen LogP contribution in [0.3, 0.4) is 0 Å². The van der Waals surface area contributed by atoms with Gasteiger partial charge in [-0.1, -0.05) is 25.1 Å². The summed E-state index contributed by atoms with van der Waals surface area (Å²) in [5, 5.41) is 21.6. The van der Waals surface area contributed by atoms with Crippen molar-refractivity contribution in [2.24, 2.45) is 5.92 Å². The number of nitrogens with one attached hydrogen (secondary N) is 1. The molecule has 0 saturated carbocycles. The maximum absolute atomic E-state index is 12.5. The number of benzene rings is 1. The van der Waals surface area contributed by atoms with Crippen LogP contribution in [0.4, 0.5) is 5.69 Å². The Morgan fingerprint density at radius 3 is 2.74 bits per heavy atom. The van der Waals surface area contributed by atoms with E-state index in [1.165, 1.54) is 0 Å². The Bertz CT molecular complexity index is 561. The van der Waals surface area contributed by atoms with Crippen molar-refractivity contribution in [1.82, 2.24) is 4.90 Å². The Labute approximate surface area is 136 Å². The van der Waals surface area contributed by atoms with E-state index in [9.17, 15) is 14.7 Å². The Morgan fingerprint density at radius 2 is 2.04 bits per heavy atom. The first-order valence-corrected chi connectivity index (χ1v) is 7.99. The zero-order valence-electron chi connectivity index (χ0n) is 13.4. The molecule has 2 unspecified atom stereocenters. The first-order valence-electron chi connectivity index (χ1n) is 7.99. The number of hydrogen-bond acceptors (Lipinski definition) is 4. The highest BCUT2D eigenvalue weighted by atomic mass is 16.4. The maximum atomic E-state index is 12.5. The molecule has 3 N–H and O–H groups in total. The summed E-state index contributed by atoms with van der Waals surface area (Å²) in [7, 11) is 0. The molecule has 0 fully saturated rings. The lowest BCUT2D eigenvalue weighted by atomic mass is 9.90. The molecule has 0 bridgehead atoms. The van der Waals surface area contributed by atoms with E-state index in [-0.39, 0.29) is 43.9 Å². The number of nitrogens with zero attached hydrogens (tertiary/aromatic N) is 1. The van der Waals surface area contributed by atoms with Crippen LogP contribution >= 0.6 is 0 Å². The number of aliphatic hydroxyl groups is 1. The van der Waals surface area contributed by atoms with Gasteiger partial charge >= 0.3 is 5.97 Å². The van der Waals surface area contributed by atoms with Crippen LogP contribution in [0.2, 0.25) is 0 Å². The van der Waals surface area contributed by atoms with Crippen molar-refractivity contribution in [3.8, 4) is 0 Å². The number of carbonyl (C=O) groups excluding carboxylic acids is 1. The minimum atomic E-state index is -0.988. The number of hydrogen-bond donors (Lipinski definition) is 3. The molecular weight excluding hydrogens is 296 g/mol. The van der Waals surface area contributed by atoms with Crippen LogP contribution in [0.25, 0.3) is 0 Å². The molecule has 0 spiro atoms. The van der Waals surface area contributed by atoms with E-state index < -0.39 is 5.97 Å². The van der Waals surface area contributed by atoms with Gasteiger partial charge in [-0.25, -0.2) is 0 Å². The third-order valence-corrected chi connectivity index (χ3v) is 4.28. The van der Waals surface area contributed by atoms with Gasteiger partial charge in [-0.2, -0.15) is 0 Å². The molecule has 6 nitrogen and oxygen atoms in total. The number of fused-ring (bicyclic) bond motifs is 1. The van der Waals surface area contributed by atoms with Crippen LogP contribution in [0.5, 0.6) is 0 Å². The minimum absolute atomic E-state index is 0.0475. The van der Waals surface area contributed by atoms with E-state index in [0.717, 1.165) is 24.2 Å². The highest BCUT2D eigenvalue weighted by Crippen LogP contribution is 2.37. The van der Waals surface area contributed by atoms with E-state index >= 15 is 0 Å². The van der Waals surface area contributed by atoms with Gasteiger partial charge in [0.15, 0.2) is 0 Å². The van der Waals surface area contributed by atoms with Gasteiger partial charge in [0, 0.05) is 25.2 Å². The summed E-state index contributed by atoms with van der Waals surface area (Å²) in [6.45, 7) is 2.98. The molecule has 1 aliphatic heterocycles. The lowest BCUT2D eigenvalue weighted by Crippen LogP contribution is -2.40. The lowest BCUT2D eigenvalue weighted by Gasteiger charge is -2.35. The molecule has 0 aromatic heterocycles. The number of aliphatic carboxylic acids is 1. The summed E-state index contributed by atoms with van der Waals surface area (Å²) in [5.41, 5.74) is 2.02. The largest absolute Gasteiger partial charge is 0.481 e. The zero-order valence-corrected chi connectivity index (χ0v) is 13.4. The smallest absolute Gasteiger partial charge is 0.303 e. The third kappa shape index (κ3) is 4.22. The first-order chi connectivity index (χ1) is 11.0. The second-order valence-corrected chi connectivity index (χ2v) is 5.93. The van der Waals surface area contributed by atoms with Crippen LogP contribution in [0.15, 0.2) is 24.3 Å². The van der Waals surface area contributed by atoms with Gasteiger partial charge in [0.25, 0.3) is 0 Å². The van der Waals surface area contributed by atoms with Crippen molar-refractivity contribution in [1.29, 1.82) is 0 Å². The number of carbonyl (C=O) groups is 2. The number of amides is 1. The van der Waals surface area contributed by atoms with Crippen molar-refractivity contribution in [3.05, 3.63) is 29.8 Å². The molecule has 2 rings (SSSR count). The second kappa shape index (κ2) is 7.97. The quantitative estimate of drug-likeness (QED) is 0.744. The van der Waals surface area contributed by atoms with Crippen LogP contribution < -0.4 is 5.32 Å². The first kappa shape index (κ1) is 17.3. The summed E-state index contributed by atoms with van der Waals surface area (Å²) >= 11 is 0. The molecule has 0 radical (unpaired) electrons. The lowest BCUT2D eigenvalue weighted by molar-refractivity contribution is -0.142. The summed E-state index contributed by atoms with van der Waals surface area (Å²) in [5.74, 6) is -1.00. The fraction of sp³-hybridized carbons (Fsp3) is 0.529. The van der Waals surface area contributed by atoms with Crippen molar-refractivity contribution in [3.63, 3.8) is 0 Å². The van der Waals surface area contributed by atoms with Crippen LogP contribution in [-0.2, 0) is 9.59 Å². The molecule has 1 heterocycles. The molecule has 0 saturated heterocycles. The highest BCUT2D eigenvalue weighted by Gasteiger charge is 2.32. The highest BCUT2D eigenvalue weighted by molar-refractivity contribution is 5.81. The molecule has 2 atom stereocenters. The van der Waals surface area contributed by atoms with E-state index in [4.69, 9.17) is 5.11 Å². The van der Waals surface area contributed by atoms with Crippen molar-refractivity contribution in [2.75, 3.05) is 25.0 Å². The number of carboxylic acids is 1. The molecule has 126 valence electrons. The summed E-state index contributed by atoms with van der Waals surface area (Å²) < 4.78 is 0. The number of aliphatic hydroxyl groups excluding tert-OH is 1. The van der Waals surface area contributed by atoms with Crippen molar-refractivity contribution in [2.45, 2.75) is 32.2 Å². The Kier molecular flexibility index (Phi) is 5.98. The number of rotatable bonds is 6. The van der Waals surface area contributed by atoms with Crippen LogP contribution in [0, 0.1) is 5.92 Å². The predicted octanol–water partition coefficient (Wildman–Crippen LogP) is 1.87. The molecule has 1 amide bonds. The van der Waals surface area contributed by atoms with Gasteiger partial charge in [-0.05, 0) is 24.0 Å². The summed E-state index contributed by atoms with van der Waals surface area (Å²) in [6, 6.07) is 7.70. The van der Waals surface area contributed by atoms with Crippen LogP contribution in [0.1, 0.15) is 37.8 Å². The fourth-order valence-electron chi connectivity index (χ4n) is 3.17. The Hall–Kier alpha value is -2.08. The molecule has 0 aliphatic carbocycles. The zero-order chi connectivity index (χ0) is 16.8. The SMILES string of the molecule is CC1CCNc2ccccc2C1N(CCO)C(=O)CCC(=O)O. The van der Waals surface area contributed by atoms with Crippen molar-refractivity contribution < 1.29 is 19.8 Å². The van der Waals surface area contributed by atoms with Gasteiger partial charge in [0.05, 0.1) is 19.1 Å². The standard InChI is InChI=1S/C17H24N2O4/c1-12-8-9-18-14-5-3-2-4-13(14)17(12)19(10-11-20)15(21)6-7-16(22)23/h2-5,12,17-18,20H,6-11H2,1H3,(H,22,23). The number of carboxylic acid groups (broad SMARTS) is 1. The van der Waals surface area contributed by atoms with Gasteiger partial charge in [-0.15, -0.1) is 0 Å². The van der Waals surface area contributed by atoms with E-state index in [1.54, 1.807) is 4.90 Å². The monoisotopic (exact) mass is 320 g/mol. The number of anilines is 1. The van der Waals surface area contributed by atoms with Gasteiger partial charge in [-0.3, -0.25) is 9.59 Å². The molecule has 6 heteroatoms. The average Bonchev–Trinajstić information content (AvgIpc) is 2.69. The summed E-state index contributed by atoms with van der Waals surface area (Å²) in [6.07, 6.45) is 0.656. The Balaban J connectivity index is 2.31. The molecule has 23 heavy (non-hydrogen) atoms. The average molecular weight is 320 g/mol. The van der Waals surface area contributed by atoms with Crippen LogP contribution in [-0.4, -0.2) is 46.7 Å². The molecule has 1 aliphatic rings. The summed E-state index contributed by atoms with van der Waals surface area (Å²) in [4.78, 5) is 24.9. The normalized spacial score (nSPS) is 20.1. The molecular formula is C17H24N2O4. The molecule has 1 aromatic carbocycles. The number of para-hydroxylation sites is 1. The van der Waals surface area contributed by atoms with E-state index in [2.05, 4.69) is 12.2 Å². The molecule has 1 aromatic rings. The topological polar surface area (TPSA) is 89.9 Å². The minimum Gasteiger partial charge on any atom is -0.481 e. The fourth-order valence-corrected chi connectivity index (χ4v) is 3.17. The maximum Gasteiger partial charge on any atom is 0.303 e. The van der Waals surface area contributed by atoms with E-state index in [0.29, 0.717) is 0 Å². The predicted molar refractivity (Wildman–Crippen MR) is 87.1 cm³/mol.